The van der Waals surface area contributed by atoms with Crippen LogP contribution in [-0.2, 0) is 4.79 Å². The van der Waals surface area contributed by atoms with Gasteiger partial charge >= 0.3 is 0 Å². The molecule has 3 aromatic rings. The molecule has 0 aliphatic carbocycles. The van der Waals surface area contributed by atoms with Crippen LogP contribution in [-0.4, -0.2) is 53.2 Å². The molecule has 1 aromatic heterocycles. The Morgan fingerprint density at radius 3 is 2.56 bits per heavy atom. The molecule has 34 heavy (non-hydrogen) atoms. The van der Waals surface area contributed by atoms with E-state index >= 15 is 0 Å². The van der Waals surface area contributed by atoms with Gasteiger partial charge in [-0.3, -0.25) is 9.36 Å². The first kappa shape index (κ1) is 23.6. The van der Waals surface area contributed by atoms with Gasteiger partial charge in [0.05, 0.1) is 31.0 Å². The average Bonchev–Trinajstić information content (AvgIpc) is 3.32. The predicted octanol–water partition coefficient (Wildman–Crippen LogP) is 4.31. The van der Waals surface area contributed by atoms with Gasteiger partial charge in [-0.25, -0.2) is 0 Å². The minimum Gasteiger partial charge on any atom is -0.495 e. The molecule has 8 nitrogen and oxygen atoms in total. The van der Waals surface area contributed by atoms with Gasteiger partial charge < -0.3 is 14.5 Å². The molecule has 1 aliphatic heterocycles. The third-order valence-electron chi connectivity index (χ3n) is 5.72. The normalized spacial score (nSPS) is 13.4. The van der Waals surface area contributed by atoms with Gasteiger partial charge in [-0.2, -0.15) is 5.26 Å². The monoisotopic (exact) mass is 476 g/mol. The quantitative estimate of drug-likeness (QED) is 0.425. The largest absolute Gasteiger partial charge is 0.495 e. The van der Waals surface area contributed by atoms with Gasteiger partial charge in [0.1, 0.15) is 5.75 Å². The van der Waals surface area contributed by atoms with Crippen molar-refractivity contribution in [3.05, 3.63) is 54.6 Å². The molecule has 1 aliphatic rings. The van der Waals surface area contributed by atoms with Crippen LogP contribution in [0.1, 0.15) is 25.7 Å². The molecular weight excluding hydrogens is 448 g/mol. The lowest BCUT2D eigenvalue weighted by atomic mass is 10.1. The van der Waals surface area contributed by atoms with Gasteiger partial charge in [0.15, 0.2) is 5.16 Å². The van der Waals surface area contributed by atoms with E-state index in [0.717, 1.165) is 43.3 Å². The number of piperidine rings is 1. The molecule has 0 atom stereocenters. The van der Waals surface area contributed by atoms with E-state index in [9.17, 15) is 4.79 Å². The Morgan fingerprint density at radius 1 is 1.09 bits per heavy atom. The minimum atomic E-state index is -0.0828. The Kier molecular flexibility index (Phi) is 8.04. The molecule has 0 radical (unpaired) electrons. The second-order valence-corrected chi connectivity index (χ2v) is 8.86. The van der Waals surface area contributed by atoms with E-state index in [-0.39, 0.29) is 18.1 Å². The fourth-order valence-electron chi connectivity index (χ4n) is 4.05. The van der Waals surface area contributed by atoms with Crippen LogP contribution in [0.5, 0.6) is 5.75 Å². The molecule has 0 unspecified atom stereocenters. The number of para-hydroxylation sites is 3. The molecule has 9 heteroatoms. The van der Waals surface area contributed by atoms with Crippen molar-refractivity contribution in [2.24, 2.45) is 0 Å². The maximum Gasteiger partial charge on any atom is 0.237 e. The topological polar surface area (TPSA) is 87.3 Å². The number of amides is 1. The number of nitrogens with zero attached hydrogens (tertiary/aromatic N) is 6. The molecule has 0 bridgehead atoms. The van der Waals surface area contributed by atoms with Crippen LogP contribution in [0.3, 0.4) is 0 Å². The van der Waals surface area contributed by atoms with Crippen molar-refractivity contribution < 1.29 is 9.53 Å². The van der Waals surface area contributed by atoms with Gasteiger partial charge in [-0.15, -0.1) is 10.2 Å². The number of anilines is 2. The summed E-state index contributed by atoms with van der Waals surface area (Å²) in [6.07, 6.45) is 3.71. The fraction of sp³-hybridized carbons (Fsp3) is 0.360. The molecule has 1 amide bonds. The number of carbonyl (C=O) groups is 1. The highest BCUT2D eigenvalue weighted by molar-refractivity contribution is 7.99. The van der Waals surface area contributed by atoms with Crippen molar-refractivity contribution in [1.29, 1.82) is 5.26 Å². The molecule has 4 rings (SSSR count). The lowest BCUT2D eigenvalue weighted by Crippen LogP contribution is -2.33. The third kappa shape index (κ3) is 5.34. The number of ether oxygens (including phenoxy) is 1. The first-order valence-electron chi connectivity index (χ1n) is 11.4. The van der Waals surface area contributed by atoms with E-state index in [0.29, 0.717) is 17.5 Å². The first-order chi connectivity index (χ1) is 16.7. The highest BCUT2D eigenvalue weighted by atomic mass is 32.2. The van der Waals surface area contributed by atoms with Crippen molar-refractivity contribution >= 4 is 29.3 Å². The van der Waals surface area contributed by atoms with E-state index in [1.807, 2.05) is 59.2 Å². The Bertz CT molecular complexity index is 1140. The van der Waals surface area contributed by atoms with Gasteiger partial charge in [-0.05, 0) is 43.5 Å². The number of nitriles is 1. The number of benzene rings is 2. The summed E-state index contributed by atoms with van der Waals surface area (Å²) in [5.74, 6) is 1.57. The number of hydrogen-bond donors (Lipinski definition) is 0. The highest BCUT2D eigenvalue weighted by Gasteiger charge is 2.24. The Labute approximate surface area is 204 Å². The average molecular weight is 477 g/mol. The number of methoxy groups -OCH3 is 1. The number of rotatable bonds is 9. The molecule has 0 N–H and O–H groups in total. The molecule has 1 saturated heterocycles. The summed E-state index contributed by atoms with van der Waals surface area (Å²) in [7, 11) is 1.65. The fourth-order valence-corrected chi connectivity index (χ4v) is 4.87. The van der Waals surface area contributed by atoms with Crippen molar-refractivity contribution in [3.8, 4) is 17.5 Å². The second kappa shape index (κ2) is 11.6. The Morgan fingerprint density at radius 2 is 1.82 bits per heavy atom. The van der Waals surface area contributed by atoms with Crippen molar-refractivity contribution in [2.75, 3.05) is 42.3 Å². The van der Waals surface area contributed by atoms with Crippen LogP contribution in [0.25, 0.3) is 5.69 Å². The van der Waals surface area contributed by atoms with E-state index in [4.69, 9.17) is 10.00 Å². The second-order valence-electron chi connectivity index (χ2n) is 7.92. The SMILES string of the molecule is COc1ccccc1-n1c(SCC(=O)N(CCC#N)c2ccccc2)nnc1N1CCCCC1. The third-order valence-corrected chi connectivity index (χ3v) is 6.64. The van der Waals surface area contributed by atoms with E-state index in [1.165, 1.54) is 18.2 Å². The molecular formula is C25H28N6O2S. The summed E-state index contributed by atoms with van der Waals surface area (Å²) < 4.78 is 7.61. The van der Waals surface area contributed by atoms with Crippen molar-refractivity contribution in [2.45, 2.75) is 30.8 Å². The summed E-state index contributed by atoms with van der Waals surface area (Å²) >= 11 is 1.34. The molecule has 0 spiro atoms. The maximum atomic E-state index is 13.2. The number of hydrogen-bond acceptors (Lipinski definition) is 7. The summed E-state index contributed by atoms with van der Waals surface area (Å²) in [4.78, 5) is 17.1. The molecule has 176 valence electrons. The van der Waals surface area contributed by atoms with Crippen LogP contribution in [0.2, 0.25) is 0 Å². The van der Waals surface area contributed by atoms with E-state index in [2.05, 4.69) is 21.2 Å². The van der Waals surface area contributed by atoms with Crippen molar-refractivity contribution in [1.82, 2.24) is 14.8 Å². The van der Waals surface area contributed by atoms with Gasteiger partial charge in [0.2, 0.25) is 11.9 Å². The Hall–Kier alpha value is -3.51. The summed E-state index contributed by atoms with van der Waals surface area (Å²) in [5, 5.41) is 18.7. The number of thioether (sulfide) groups is 1. The number of aromatic nitrogens is 3. The van der Waals surface area contributed by atoms with Crippen LogP contribution in [0.4, 0.5) is 11.6 Å². The minimum absolute atomic E-state index is 0.0828. The lowest BCUT2D eigenvalue weighted by Gasteiger charge is -2.28. The van der Waals surface area contributed by atoms with Crippen LogP contribution < -0.4 is 14.5 Å². The zero-order chi connectivity index (χ0) is 23.8. The summed E-state index contributed by atoms with van der Waals surface area (Å²) in [6.45, 7) is 2.19. The van der Waals surface area contributed by atoms with Crippen molar-refractivity contribution in [3.63, 3.8) is 0 Å². The van der Waals surface area contributed by atoms with Gasteiger partial charge in [-0.1, -0.05) is 42.1 Å². The smallest absolute Gasteiger partial charge is 0.237 e. The highest BCUT2D eigenvalue weighted by Crippen LogP contribution is 2.33. The molecule has 2 heterocycles. The zero-order valence-electron chi connectivity index (χ0n) is 19.3. The number of carbonyl (C=O) groups excluding carboxylic acids is 1. The molecule has 0 saturated carbocycles. The van der Waals surface area contributed by atoms with Crippen LogP contribution >= 0.6 is 11.8 Å². The first-order valence-corrected chi connectivity index (χ1v) is 12.4. The summed E-state index contributed by atoms with van der Waals surface area (Å²) in [6, 6.07) is 19.3. The van der Waals surface area contributed by atoms with Gasteiger partial charge in [0, 0.05) is 25.3 Å². The van der Waals surface area contributed by atoms with Crippen LogP contribution in [0.15, 0.2) is 59.8 Å². The predicted molar refractivity (Wildman–Crippen MR) is 134 cm³/mol. The standard InChI is InChI=1S/C25H28N6O2S/c1-33-22-14-7-6-13-21(22)31-24(29-16-8-3-9-17-29)27-28-25(31)34-19-23(32)30(18-10-15-26)20-11-4-2-5-12-20/h2,4-7,11-14H,3,8-10,16-19H2,1H3. The molecule has 1 fully saturated rings. The zero-order valence-corrected chi connectivity index (χ0v) is 20.1. The molecule has 2 aromatic carbocycles. The maximum absolute atomic E-state index is 13.2. The van der Waals surface area contributed by atoms with Gasteiger partial charge in [0.25, 0.3) is 0 Å². The van der Waals surface area contributed by atoms with Crippen LogP contribution in [0, 0.1) is 11.3 Å². The Balaban J connectivity index is 1.62. The van der Waals surface area contributed by atoms with E-state index < -0.39 is 0 Å². The lowest BCUT2D eigenvalue weighted by molar-refractivity contribution is -0.116. The summed E-state index contributed by atoms with van der Waals surface area (Å²) in [5.41, 5.74) is 1.62. The van der Waals surface area contributed by atoms with E-state index in [1.54, 1.807) is 12.0 Å².